The second-order valence-electron chi connectivity index (χ2n) is 5.51. The van der Waals surface area contributed by atoms with E-state index in [4.69, 9.17) is 0 Å². The molecule has 17 heavy (non-hydrogen) atoms. The van der Waals surface area contributed by atoms with Gasteiger partial charge >= 0.3 is 0 Å². The van der Waals surface area contributed by atoms with Gasteiger partial charge in [-0.1, -0.05) is 55.0 Å². The number of allylic oxidation sites excluding steroid dienone is 4. The van der Waals surface area contributed by atoms with E-state index in [0.29, 0.717) is 5.92 Å². The lowest BCUT2D eigenvalue weighted by Gasteiger charge is -2.19. The van der Waals surface area contributed by atoms with Gasteiger partial charge in [-0.25, -0.2) is 0 Å². The van der Waals surface area contributed by atoms with Gasteiger partial charge in [0.15, 0.2) is 0 Å². The molecule has 0 bridgehead atoms. The third kappa shape index (κ3) is 2.09. The maximum absolute atomic E-state index is 2.39. The number of rotatable bonds is 1. The van der Waals surface area contributed by atoms with E-state index >= 15 is 0 Å². The van der Waals surface area contributed by atoms with Gasteiger partial charge in [0.2, 0.25) is 0 Å². The van der Waals surface area contributed by atoms with Crippen LogP contribution < -0.4 is 0 Å². The van der Waals surface area contributed by atoms with Gasteiger partial charge in [0.1, 0.15) is 0 Å². The highest BCUT2D eigenvalue weighted by Gasteiger charge is 2.27. The zero-order valence-corrected chi connectivity index (χ0v) is 10.5. The molecule has 0 heteroatoms. The predicted molar refractivity (Wildman–Crippen MR) is 73.0 cm³/mol. The van der Waals surface area contributed by atoms with Crippen LogP contribution in [0.3, 0.4) is 0 Å². The summed E-state index contributed by atoms with van der Waals surface area (Å²) in [6.07, 6.45) is 9.86. The molecule has 2 aliphatic rings. The van der Waals surface area contributed by atoms with Crippen molar-refractivity contribution in [2.75, 3.05) is 0 Å². The molecule has 88 valence electrons. The van der Waals surface area contributed by atoms with Crippen molar-refractivity contribution in [2.24, 2.45) is 5.92 Å². The summed E-state index contributed by atoms with van der Waals surface area (Å²) in [5, 5.41) is 0. The molecular weight excluding hydrogens is 204 g/mol. The van der Waals surface area contributed by atoms with Crippen molar-refractivity contribution in [3.05, 3.63) is 59.2 Å². The molecule has 1 aromatic rings. The summed E-state index contributed by atoms with van der Waals surface area (Å²) in [7, 11) is 0. The second-order valence-corrected chi connectivity index (χ2v) is 5.51. The minimum absolute atomic E-state index is 0.672. The Balaban J connectivity index is 1.97. The highest BCUT2D eigenvalue weighted by atomic mass is 14.3. The van der Waals surface area contributed by atoms with Crippen LogP contribution >= 0.6 is 0 Å². The van der Waals surface area contributed by atoms with Crippen molar-refractivity contribution in [2.45, 2.75) is 38.5 Å². The fourth-order valence-corrected chi connectivity index (χ4v) is 3.34. The van der Waals surface area contributed by atoms with Crippen LogP contribution in [0.15, 0.2) is 53.6 Å². The largest absolute Gasteiger partial charge is 0.0842 e. The highest BCUT2D eigenvalue weighted by molar-refractivity contribution is 5.40. The van der Waals surface area contributed by atoms with Gasteiger partial charge in [-0.3, -0.25) is 0 Å². The van der Waals surface area contributed by atoms with Crippen LogP contribution in [0.5, 0.6) is 0 Å². The van der Waals surface area contributed by atoms with Crippen LogP contribution in [0.2, 0.25) is 0 Å². The Kier molecular flexibility index (Phi) is 2.88. The lowest BCUT2D eigenvalue weighted by Crippen LogP contribution is -2.02. The first-order chi connectivity index (χ1) is 8.34. The van der Waals surface area contributed by atoms with Crippen molar-refractivity contribution in [1.82, 2.24) is 0 Å². The fraction of sp³-hybridized carbons (Fsp3) is 0.412. The van der Waals surface area contributed by atoms with Crippen molar-refractivity contribution >= 4 is 0 Å². The zero-order valence-electron chi connectivity index (χ0n) is 10.5. The summed E-state index contributed by atoms with van der Waals surface area (Å²) in [6.45, 7) is 2.38. The van der Waals surface area contributed by atoms with Crippen molar-refractivity contribution in [3.8, 4) is 0 Å². The van der Waals surface area contributed by atoms with Crippen LogP contribution in [-0.4, -0.2) is 0 Å². The third-order valence-corrected chi connectivity index (χ3v) is 4.11. The molecule has 0 amide bonds. The van der Waals surface area contributed by atoms with Gasteiger partial charge in [-0.05, 0) is 42.7 Å². The summed E-state index contributed by atoms with van der Waals surface area (Å²) in [4.78, 5) is 0. The second kappa shape index (κ2) is 4.52. The molecule has 0 aliphatic heterocycles. The fourth-order valence-electron chi connectivity index (χ4n) is 3.34. The van der Waals surface area contributed by atoms with Gasteiger partial charge < -0.3 is 0 Å². The maximum Gasteiger partial charge on any atom is 0.00570 e. The maximum atomic E-state index is 2.39. The summed E-state index contributed by atoms with van der Waals surface area (Å²) < 4.78 is 0. The Bertz CT molecular complexity index is 450. The molecule has 1 aromatic carbocycles. The summed E-state index contributed by atoms with van der Waals surface area (Å²) in [6, 6.07) is 11.1. The Morgan fingerprint density at radius 3 is 2.71 bits per heavy atom. The van der Waals surface area contributed by atoms with Gasteiger partial charge in [0.25, 0.3) is 0 Å². The molecule has 2 aliphatic carbocycles. The Morgan fingerprint density at radius 1 is 1.06 bits per heavy atom. The molecule has 3 rings (SSSR count). The Hall–Kier alpha value is -1.30. The van der Waals surface area contributed by atoms with E-state index in [0.717, 1.165) is 5.92 Å². The van der Waals surface area contributed by atoms with Crippen LogP contribution in [0.1, 0.15) is 44.1 Å². The quantitative estimate of drug-likeness (QED) is 0.640. The molecule has 2 atom stereocenters. The van der Waals surface area contributed by atoms with E-state index in [-0.39, 0.29) is 0 Å². The minimum atomic E-state index is 0.672. The lowest BCUT2D eigenvalue weighted by atomic mass is 9.86. The third-order valence-electron chi connectivity index (χ3n) is 4.11. The molecule has 0 saturated carbocycles. The van der Waals surface area contributed by atoms with Crippen LogP contribution in [0, 0.1) is 5.92 Å². The molecule has 2 unspecified atom stereocenters. The predicted octanol–water partition coefficient (Wildman–Crippen LogP) is 4.85. The Morgan fingerprint density at radius 2 is 1.88 bits per heavy atom. The van der Waals surface area contributed by atoms with E-state index in [1.54, 1.807) is 11.1 Å². The van der Waals surface area contributed by atoms with Crippen LogP contribution in [0.25, 0.3) is 0 Å². The smallest absolute Gasteiger partial charge is 0.00570 e. The van der Waals surface area contributed by atoms with E-state index in [9.17, 15) is 0 Å². The molecule has 0 spiro atoms. The summed E-state index contributed by atoms with van der Waals surface area (Å²) in [5.74, 6) is 1.51. The molecule has 0 nitrogen and oxygen atoms in total. The van der Waals surface area contributed by atoms with E-state index in [1.807, 2.05) is 0 Å². The summed E-state index contributed by atoms with van der Waals surface area (Å²) >= 11 is 0. The van der Waals surface area contributed by atoms with Gasteiger partial charge in [0, 0.05) is 5.92 Å². The van der Waals surface area contributed by atoms with Gasteiger partial charge in [-0.2, -0.15) is 0 Å². The first kappa shape index (κ1) is 10.8. The van der Waals surface area contributed by atoms with Crippen molar-refractivity contribution in [1.29, 1.82) is 0 Å². The molecular formula is C17H20. The average Bonchev–Trinajstić information content (AvgIpc) is 2.61. The average molecular weight is 224 g/mol. The lowest BCUT2D eigenvalue weighted by molar-refractivity contribution is 0.592. The molecule has 0 aromatic heterocycles. The van der Waals surface area contributed by atoms with Crippen molar-refractivity contribution < 1.29 is 0 Å². The minimum Gasteiger partial charge on any atom is -0.0842 e. The zero-order chi connectivity index (χ0) is 11.7. The molecule has 0 radical (unpaired) electrons. The SMILES string of the molecule is CC1CC2=C(C1)C(c1ccccc1)CCC=C2. The number of benzene rings is 1. The van der Waals surface area contributed by atoms with Crippen molar-refractivity contribution in [3.63, 3.8) is 0 Å². The van der Waals surface area contributed by atoms with E-state index in [2.05, 4.69) is 49.4 Å². The monoisotopic (exact) mass is 224 g/mol. The molecule has 0 fully saturated rings. The topological polar surface area (TPSA) is 0 Å². The first-order valence-electron chi connectivity index (χ1n) is 6.78. The number of hydrogen-bond acceptors (Lipinski definition) is 0. The van der Waals surface area contributed by atoms with Crippen LogP contribution in [-0.2, 0) is 0 Å². The molecule has 0 saturated heterocycles. The molecule has 0 heterocycles. The first-order valence-corrected chi connectivity index (χ1v) is 6.78. The molecule has 0 N–H and O–H groups in total. The van der Waals surface area contributed by atoms with E-state index in [1.165, 1.54) is 31.2 Å². The van der Waals surface area contributed by atoms with Crippen LogP contribution in [0.4, 0.5) is 0 Å². The Labute approximate surface area is 104 Å². The van der Waals surface area contributed by atoms with Gasteiger partial charge in [0.05, 0.1) is 0 Å². The summed E-state index contributed by atoms with van der Waals surface area (Å²) in [5.41, 5.74) is 4.86. The normalized spacial score (nSPS) is 28.1. The van der Waals surface area contributed by atoms with Gasteiger partial charge in [-0.15, -0.1) is 0 Å². The number of hydrogen-bond donors (Lipinski definition) is 0. The highest BCUT2D eigenvalue weighted by Crippen LogP contribution is 2.43. The van der Waals surface area contributed by atoms with E-state index < -0.39 is 0 Å². The standard InChI is InChI=1S/C17H20/c1-13-11-15-9-5-6-10-16(17(15)12-13)14-7-3-2-4-8-14/h2-5,7-9,13,16H,6,10-12H2,1H3.